The van der Waals surface area contributed by atoms with E-state index < -0.39 is 5.97 Å². The second-order valence-electron chi connectivity index (χ2n) is 5.19. The van der Waals surface area contributed by atoms with Gasteiger partial charge in [-0.25, -0.2) is 4.79 Å². The summed E-state index contributed by atoms with van der Waals surface area (Å²) in [4.78, 5) is 23.8. The van der Waals surface area contributed by atoms with Gasteiger partial charge in [-0.2, -0.15) is 0 Å². The summed E-state index contributed by atoms with van der Waals surface area (Å²) in [6.07, 6.45) is 0. The Morgan fingerprint density at radius 2 is 1.96 bits per heavy atom. The summed E-state index contributed by atoms with van der Waals surface area (Å²) in [6.45, 7) is 1.99. The highest BCUT2D eigenvalue weighted by Crippen LogP contribution is 2.23. The molecule has 0 bridgehead atoms. The highest BCUT2D eigenvalue weighted by atomic mass is 35.5. The van der Waals surface area contributed by atoms with Gasteiger partial charge in [-0.05, 0) is 30.7 Å². The average molecular weight is 348 g/mol. The van der Waals surface area contributed by atoms with E-state index in [0.29, 0.717) is 17.3 Å². The molecule has 0 aliphatic rings. The number of hydrogen-bond donors (Lipinski definition) is 1. The summed E-state index contributed by atoms with van der Waals surface area (Å²) in [5.41, 5.74) is 2.31. The Morgan fingerprint density at radius 1 is 1.17 bits per heavy atom. The van der Waals surface area contributed by atoms with Crippen molar-refractivity contribution < 1.29 is 19.1 Å². The Balaban J connectivity index is 1.86. The van der Waals surface area contributed by atoms with Crippen LogP contribution in [0.25, 0.3) is 0 Å². The number of methoxy groups -OCH3 is 1. The number of benzene rings is 2. The summed E-state index contributed by atoms with van der Waals surface area (Å²) in [6, 6.07) is 12.3. The fourth-order valence-corrected chi connectivity index (χ4v) is 2.28. The Labute approximate surface area is 145 Å². The molecule has 2 rings (SSSR count). The fraction of sp³-hybridized carbons (Fsp3) is 0.222. The Bertz CT molecular complexity index is 746. The predicted octanol–water partition coefficient (Wildman–Crippen LogP) is 3.13. The van der Waals surface area contributed by atoms with Crippen LogP contribution in [0.2, 0.25) is 5.02 Å². The van der Waals surface area contributed by atoms with E-state index in [1.807, 2.05) is 31.2 Å². The van der Waals surface area contributed by atoms with Crippen LogP contribution < -0.4 is 10.1 Å². The molecule has 0 aliphatic carbocycles. The topological polar surface area (TPSA) is 64.6 Å². The molecule has 0 spiro atoms. The lowest BCUT2D eigenvalue weighted by Crippen LogP contribution is -2.28. The van der Waals surface area contributed by atoms with Gasteiger partial charge < -0.3 is 14.8 Å². The third kappa shape index (κ3) is 4.99. The molecule has 0 atom stereocenters. The first kappa shape index (κ1) is 17.8. The van der Waals surface area contributed by atoms with E-state index >= 15 is 0 Å². The van der Waals surface area contributed by atoms with Crippen molar-refractivity contribution in [1.29, 1.82) is 0 Å². The van der Waals surface area contributed by atoms with Gasteiger partial charge in [0.25, 0.3) is 5.91 Å². The summed E-state index contributed by atoms with van der Waals surface area (Å²) >= 11 is 5.84. The molecule has 1 amide bonds. The Morgan fingerprint density at radius 3 is 2.67 bits per heavy atom. The molecule has 0 aromatic heterocycles. The van der Waals surface area contributed by atoms with Gasteiger partial charge in [-0.1, -0.05) is 41.4 Å². The maximum atomic E-state index is 12.0. The number of carbonyl (C=O) groups is 2. The number of halogens is 1. The van der Waals surface area contributed by atoms with Crippen molar-refractivity contribution in [1.82, 2.24) is 5.32 Å². The van der Waals surface area contributed by atoms with Gasteiger partial charge in [0, 0.05) is 11.6 Å². The monoisotopic (exact) mass is 347 g/mol. The molecule has 126 valence electrons. The Hall–Kier alpha value is -2.53. The second-order valence-corrected chi connectivity index (χ2v) is 5.62. The van der Waals surface area contributed by atoms with Crippen LogP contribution in [0.4, 0.5) is 0 Å². The summed E-state index contributed by atoms with van der Waals surface area (Å²) in [7, 11) is 1.43. The molecule has 0 unspecified atom stereocenters. The first-order chi connectivity index (χ1) is 11.5. The molecule has 0 fully saturated rings. The SMILES string of the molecule is COc1cc(Cl)ccc1C(=O)OCC(=O)NCc1cccc(C)c1. The van der Waals surface area contributed by atoms with Gasteiger partial charge in [0.15, 0.2) is 6.61 Å². The number of carbonyl (C=O) groups excluding carboxylic acids is 2. The number of ether oxygens (including phenoxy) is 2. The first-order valence-corrected chi connectivity index (χ1v) is 7.70. The van der Waals surface area contributed by atoms with Crippen molar-refractivity contribution in [2.45, 2.75) is 13.5 Å². The number of nitrogens with one attached hydrogen (secondary N) is 1. The van der Waals surface area contributed by atoms with Crippen LogP contribution >= 0.6 is 11.6 Å². The molecule has 0 heterocycles. The van der Waals surface area contributed by atoms with Crippen LogP contribution in [0.3, 0.4) is 0 Å². The molecule has 0 saturated heterocycles. The molecule has 6 heteroatoms. The number of amides is 1. The van der Waals surface area contributed by atoms with Crippen LogP contribution in [-0.2, 0) is 16.1 Å². The fourth-order valence-electron chi connectivity index (χ4n) is 2.12. The summed E-state index contributed by atoms with van der Waals surface area (Å²) < 4.78 is 10.1. The lowest BCUT2D eigenvalue weighted by Gasteiger charge is -2.10. The normalized spacial score (nSPS) is 10.1. The zero-order valence-electron chi connectivity index (χ0n) is 13.5. The van der Waals surface area contributed by atoms with Crippen LogP contribution in [-0.4, -0.2) is 25.6 Å². The number of aryl methyl sites for hydroxylation is 1. The molecule has 1 N–H and O–H groups in total. The van der Waals surface area contributed by atoms with Crippen molar-refractivity contribution >= 4 is 23.5 Å². The van der Waals surface area contributed by atoms with E-state index in [4.69, 9.17) is 21.1 Å². The van der Waals surface area contributed by atoms with E-state index in [0.717, 1.165) is 11.1 Å². The van der Waals surface area contributed by atoms with Gasteiger partial charge in [-0.15, -0.1) is 0 Å². The molecule has 0 aliphatic heterocycles. The summed E-state index contributed by atoms with van der Waals surface area (Å²) in [5.74, 6) is -0.723. The zero-order chi connectivity index (χ0) is 17.5. The quantitative estimate of drug-likeness (QED) is 0.815. The van der Waals surface area contributed by atoms with Crippen LogP contribution in [0.15, 0.2) is 42.5 Å². The summed E-state index contributed by atoms with van der Waals surface area (Å²) in [5, 5.41) is 3.15. The van der Waals surface area contributed by atoms with Crippen molar-refractivity contribution in [2.24, 2.45) is 0 Å². The lowest BCUT2D eigenvalue weighted by atomic mass is 10.1. The predicted molar refractivity (Wildman–Crippen MR) is 91.3 cm³/mol. The largest absolute Gasteiger partial charge is 0.496 e. The second kappa shape index (κ2) is 8.36. The molecule has 2 aromatic rings. The maximum absolute atomic E-state index is 12.0. The van der Waals surface area contributed by atoms with E-state index in [2.05, 4.69) is 5.32 Å². The average Bonchev–Trinajstić information content (AvgIpc) is 2.57. The smallest absolute Gasteiger partial charge is 0.342 e. The van der Waals surface area contributed by atoms with Crippen molar-refractivity contribution in [3.05, 3.63) is 64.2 Å². The van der Waals surface area contributed by atoms with Crippen LogP contribution in [0.1, 0.15) is 21.5 Å². The van der Waals surface area contributed by atoms with Crippen molar-refractivity contribution in [3.63, 3.8) is 0 Å². The number of rotatable bonds is 6. The highest BCUT2D eigenvalue weighted by molar-refractivity contribution is 6.30. The van der Waals surface area contributed by atoms with Crippen molar-refractivity contribution in [3.8, 4) is 5.75 Å². The molecule has 0 saturated carbocycles. The van der Waals surface area contributed by atoms with Gasteiger partial charge in [0.1, 0.15) is 11.3 Å². The standard InChI is InChI=1S/C18H18ClNO4/c1-12-4-3-5-13(8-12)10-20-17(21)11-24-18(22)15-7-6-14(19)9-16(15)23-2/h3-9H,10-11H2,1-2H3,(H,20,21). The minimum atomic E-state index is -0.644. The van der Waals surface area contributed by atoms with Gasteiger partial charge in [0.05, 0.1) is 7.11 Å². The Kier molecular flexibility index (Phi) is 6.21. The highest BCUT2D eigenvalue weighted by Gasteiger charge is 2.15. The first-order valence-electron chi connectivity index (χ1n) is 7.32. The van der Waals surface area contributed by atoms with E-state index in [1.54, 1.807) is 6.07 Å². The van der Waals surface area contributed by atoms with E-state index in [1.165, 1.54) is 19.2 Å². The molecule has 24 heavy (non-hydrogen) atoms. The molecule has 2 aromatic carbocycles. The van der Waals surface area contributed by atoms with Gasteiger partial charge in [-0.3, -0.25) is 4.79 Å². The minimum Gasteiger partial charge on any atom is -0.496 e. The zero-order valence-corrected chi connectivity index (χ0v) is 14.2. The lowest BCUT2D eigenvalue weighted by molar-refractivity contribution is -0.124. The molecular formula is C18H18ClNO4. The third-order valence-corrected chi connectivity index (χ3v) is 3.53. The molecular weight excluding hydrogens is 330 g/mol. The maximum Gasteiger partial charge on any atom is 0.342 e. The third-order valence-electron chi connectivity index (χ3n) is 3.29. The van der Waals surface area contributed by atoms with Crippen LogP contribution in [0, 0.1) is 6.92 Å². The van der Waals surface area contributed by atoms with Gasteiger partial charge >= 0.3 is 5.97 Å². The van der Waals surface area contributed by atoms with E-state index in [9.17, 15) is 9.59 Å². The van der Waals surface area contributed by atoms with Crippen LogP contribution in [0.5, 0.6) is 5.75 Å². The number of esters is 1. The van der Waals surface area contributed by atoms with Crippen molar-refractivity contribution in [2.75, 3.05) is 13.7 Å². The molecule has 5 nitrogen and oxygen atoms in total. The van der Waals surface area contributed by atoms with Gasteiger partial charge in [0.2, 0.25) is 0 Å². The van der Waals surface area contributed by atoms with E-state index in [-0.39, 0.29) is 18.1 Å². The molecule has 0 radical (unpaired) electrons. The number of hydrogen-bond acceptors (Lipinski definition) is 4. The minimum absolute atomic E-state index is 0.216.